The van der Waals surface area contributed by atoms with E-state index in [0.29, 0.717) is 17.6 Å². The van der Waals surface area contributed by atoms with Gasteiger partial charge < -0.3 is 14.5 Å². The number of thiol groups is 1. The van der Waals surface area contributed by atoms with Crippen molar-refractivity contribution in [2.24, 2.45) is 4.40 Å². The molecule has 174 valence electrons. The summed E-state index contributed by atoms with van der Waals surface area (Å²) >= 11 is -0.518. The summed E-state index contributed by atoms with van der Waals surface area (Å²) in [6, 6.07) is 15.9. The molecule has 2 aromatic carbocycles. The number of unbranched alkanes of at least 4 members (excludes halogenated alkanes) is 1. The van der Waals surface area contributed by atoms with Gasteiger partial charge in [-0.15, -0.1) is 11.1 Å². The van der Waals surface area contributed by atoms with Crippen LogP contribution in [0, 0.1) is 0 Å². The first kappa shape index (κ1) is 22.2. The van der Waals surface area contributed by atoms with Crippen LogP contribution < -0.4 is 15.7 Å². The first-order valence-corrected chi connectivity index (χ1v) is 13.2. The number of nitrogens with one attached hydrogen (secondary N) is 1. The van der Waals surface area contributed by atoms with E-state index < -0.39 is 11.1 Å². The molecule has 2 atom stereocenters. The maximum Gasteiger partial charge on any atom is 0.336 e. The van der Waals surface area contributed by atoms with E-state index in [0.717, 1.165) is 62.1 Å². The van der Waals surface area contributed by atoms with E-state index in [4.69, 9.17) is 13.6 Å². The largest absolute Gasteiger partial charge is 0.493 e. The molecule has 6 nitrogen and oxygen atoms in total. The zero-order valence-electron chi connectivity index (χ0n) is 19.0. The monoisotopic (exact) mass is 465 g/mol. The third kappa shape index (κ3) is 5.00. The van der Waals surface area contributed by atoms with Crippen molar-refractivity contribution in [3.05, 3.63) is 70.1 Å². The van der Waals surface area contributed by atoms with Crippen molar-refractivity contribution in [2.45, 2.75) is 36.5 Å². The summed E-state index contributed by atoms with van der Waals surface area (Å²) in [7, 11) is 0. The molecule has 1 saturated heterocycles. The van der Waals surface area contributed by atoms with Gasteiger partial charge in [-0.3, -0.25) is 4.90 Å². The quantitative estimate of drug-likeness (QED) is 0.297. The number of benzene rings is 2. The summed E-state index contributed by atoms with van der Waals surface area (Å²) in [4.78, 5) is 15.7. The maximum atomic E-state index is 11.8. The number of ether oxygens (including phenoxy) is 1. The summed E-state index contributed by atoms with van der Waals surface area (Å²) in [6.07, 6.45) is 4.92. The lowest BCUT2D eigenvalue weighted by Gasteiger charge is -2.37. The second kappa shape index (κ2) is 10.1. The third-order valence-electron chi connectivity index (χ3n) is 6.36. The highest BCUT2D eigenvalue weighted by atomic mass is 32.2. The second-order valence-corrected chi connectivity index (χ2v) is 10.6. The van der Waals surface area contributed by atoms with Crippen LogP contribution in [0.15, 0.2) is 67.0 Å². The molecule has 0 bridgehead atoms. The minimum Gasteiger partial charge on any atom is -0.493 e. The zero-order valence-corrected chi connectivity index (χ0v) is 19.9. The Morgan fingerprint density at radius 1 is 1.21 bits per heavy atom. The predicted molar refractivity (Wildman–Crippen MR) is 136 cm³/mol. The number of aryl methyl sites for hydroxylation is 1. The fourth-order valence-electron chi connectivity index (χ4n) is 4.62. The Bertz CT molecular complexity index is 1210. The molecule has 0 radical (unpaired) electrons. The molecule has 1 N–H and O–H groups in total. The van der Waals surface area contributed by atoms with Crippen LogP contribution in [-0.2, 0) is 6.42 Å². The molecule has 2 aliphatic rings. The van der Waals surface area contributed by atoms with Crippen molar-refractivity contribution in [1.29, 1.82) is 0 Å². The summed E-state index contributed by atoms with van der Waals surface area (Å²) in [5.41, 5.74) is 2.58. The van der Waals surface area contributed by atoms with Gasteiger partial charge in [-0.2, -0.15) is 0 Å². The SMILES string of the molecule is CCc1cc(=O)oc2cc(OCCCCN3CCNC([SH]4N=Cc5ccccc54)C3)ccc12. The summed E-state index contributed by atoms with van der Waals surface area (Å²) < 4.78 is 16.2. The summed E-state index contributed by atoms with van der Waals surface area (Å²) in [5.74, 6) is 0.752. The molecule has 5 rings (SSSR count). The van der Waals surface area contributed by atoms with Gasteiger partial charge in [0.2, 0.25) is 0 Å². The Kier molecular flexibility index (Phi) is 6.80. The first-order valence-electron chi connectivity index (χ1n) is 11.8. The van der Waals surface area contributed by atoms with Crippen LogP contribution in [-0.4, -0.2) is 49.3 Å². The van der Waals surface area contributed by atoms with E-state index in [2.05, 4.69) is 34.5 Å². The van der Waals surface area contributed by atoms with Crippen LogP contribution in [0.1, 0.15) is 30.9 Å². The Morgan fingerprint density at radius 3 is 3.03 bits per heavy atom. The van der Waals surface area contributed by atoms with Gasteiger partial charge in [0, 0.05) is 53.8 Å². The molecule has 2 unspecified atom stereocenters. The van der Waals surface area contributed by atoms with Crippen molar-refractivity contribution in [3.63, 3.8) is 0 Å². The van der Waals surface area contributed by atoms with Crippen molar-refractivity contribution < 1.29 is 9.15 Å². The number of rotatable bonds is 8. The molecule has 2 aliphatic heterocycles. The van der Waals surface area contributed by atoms with Crippen molar-refractivity contribution >= 4 is 28.3 Å². The molecule has 3 heterocycles. The molecule has 0 amide bonds. The Labute approximate surface area is 197 Å². The maximum absolute atomic E-state index is 11.8. The average molecular weight is 466 g/mol. The van der Waals surface area contributed by atoms with Gasteiger partial charge in [-0.1, -0.05) is 25.1 Å². The lowest BCUT2D eigenvalue weighted by Crippen LogP contribution is -2.50. The van der Waals surface area contributed by atoms with Crippen LogP contribution in [0.4, 0.5) is 0 Å². The van der Waals surface area contributed by atoms with Crippen molar-refractivity contribution in [2.75, 3.05) is 32.8 Å². The van der Waals surface area contributed by atoms with Crippen molar-refractivity contribution in [1.82, 2.24) is 10.2 Å². The van der Waals surface area contributed by atoms with Gasteiger partial charge in [0.05, 0.1) is 12.0 Å². The third-order valence-corrected chi connectivity index (χ3v) is 8.56. The van der Waals surface area contributed by atoms with E-state index in [-0.39, 0.29) is 5.63 Å². The van der Waals surface area contributed by atoms with Crippen molar-refractivity contribution in [3.8, 4) is 5.75 Å². The molecule has 0 saturated carbocycles. The van der Waals surface area contributed by atoms with Gasteiger partial charge >= 0.3 is 5.63 Å². The molecule has 0 spiro atoms. The molecule has 3 aromatic rings. The van der Waals surface area contributed by atoms with Gasteiger partial charge in [-0.25, -0.2) is 9.19 Å². The van der Waals surface area contributed by atoms with Crippen LogP contribution in [0.3, 0.4) is 0 Å². The number of piperazine rings is 1. The molecule has 7 heteroatoms. The predicted octanol–water partition coefficient (Wildman–Crippen LogP) is 4.15. The van der Waals surface area contributed by atoms with E-state index in [9.17, 15) is 4.79 Å². The number of hydrogen-bond acceptors (Lipinski definition) is 6. The van der Waals surface area contributed by atoms with Gasteiger partial charge in [0.1, 0.15) is 11.3 Å². The minimum atomic E-state index is -0.518. The van der Waals surface area contributed by atoms with E-state index in [1.54, 1.807) is 6.07 Å². The van der Waals surface area contributed by atoms with E-state index in [1.165, 1.54) is 10.5 Å². The topological polar surface area (TPSA) is 67.1 Å². The van der Waals surface area contributed by atoms with Gasteiger partial charge in [0.15, 0.2) is 0 Å². The molecule has 1 fully saturated rings. The Balaban J connectivity index is 1.09. The summed E-state index contributed by atoms with van der Waals surface area (Å²) in [6.45, 7) is 6.91. The highest BCUT2D eigenvalue weighted by molar-refractivity contribution is 8.16. The standard InChI is InChI=1S/C26H31N3O3S/c1-2-19-15-26(30)32-23-16-21(9-10-22(19)23)31-14-6-5-12-29-13-11-27-25(18-29)33-24-8-4-3-7-20(24)17-28-33/h3-4,7-10,15-17,25,27,33H,2,5-6,11-14,18H2,1H3. The fraction of sp³-hybridized carbons (Fsp3) is 0.385. The average Bonchev–Trinajstić information content (AvgIpc) is 3.27. The molecule has 1 aromatic heterocycles. The zero-order chi connectivity index (χ0) is 22.6. The number of nitrogens with zero attached hydrogens (tertiary/aromatic N) is 2. The van der Waals surface area contributed by atoms with E-state index >= 15 is 0 Å². The highest BCUT2D eigenvalue weighted by Gasteiger charge is 2.28. The van der Waals surface area contributed by atoms with Gasteiger partial charge in [0.25, 0.3) is 0 Å². The lowest BCUT2D eigenvalue weighted by molar-refractivity contribution is 0.217. The first-order chi connectivity index (χ1) is 16.2. The second-order valence-electron chi connectivity index (χ2n) is 8.58. The number of fused-ring (bicyclic) bond motifs is 2. The number of hydrogen-bond donors (Lipinski definition) is 2. The lowest BCUT2D eigenvalue weighted by atomic mass is 10.1. The Morgan fingerprint density at radius 2 is 2.12 bits per heavy atom. The molecular formula is C26H31N3O3S. The molecule has 0 aliphatic carbocycles. The van der Waals surface area contributed by atoms with Crippen LogP contribution in [0.25, 0.3) is 11.0 Å². The van der Waals surface area contributed by atoms with Crippen LogP contribution in [0.5, 0.6) is 5.75 Å². The normalized spacial score (nSPS) is 21.4. The minimum absolute atomic E-state index is 0.306. The molecular weight excluding hydrogens is 434 g/mol. The summed E-state index contributed by atoms with van der Waals surface area (Å²) in [5, 5.41) is 5.10. The smallest absolute Gasteiger partial charge is 0.336 e. The Hall–Kier alpha value is -2.61. The van der Waals surface area contributed by atoms with E-state index in [1.807, 2.05) is 31.3 Å². The van der Waals surface area contributed by atoms with Crippen LogP contribution in [0.2, 0.25) is 0 Å². The van der Waals surface area contributed by atoms with Crippen LogP contribution >= 0.6 is 11.1 Å². The molecule has 33 heavy (non-hydrogen) atoms. The highest BCUT2D eigenvalue weighted by Crippen LogP contribution is 2.47. The fourth-order valence-corrected chi connectivity index (χ4v) is 6.81. The van der Waals surface area contributed by atoms with Gasteiger partial charge in [-0.05, 0) is 49.6 Å².